The molecule has 3 rings (SSSR count). The summed E-state index contributed by atoms with van der Waals surface area (Å²) in [6.45, 7) is 4.94. The van der Waals surface area contributed by atoms with Crippen LogP contribution in [0.5, 0.6) is 0 Å². The second-order valence-electron chi connectivity index (χ2n) is 4.38. The Morgan fingerprint density at radius 1 is 1.17 bits per heavy atom. The van der Waals surface area contributed by atoms with E-state index in [9.17, 15) is 0 Å². The predicted octanol–water partition coefficient (Wildman–Crippen LogP) is 2.97. The number of benzene rings is 1. The van der Waals surface area contributed by atoms with Gasteiger partial charge in [-0.3, -0.25) is 0 Å². The first-order chi connectivity index (χ1) is 5.71. The van der Waals surface area contributed by atoms with Crippen LogP contribution in [0.2, 0.25) is 13.1 Å². The minimum Gasteiger partial charge on any atom is -0.0742 e. The maximum Gasteiger partial charge on any atom is 0.0872 e. The van der Waals surface area contributed by atoms with E-state index < -0.39 is 8.07 Å². The van der Waals surface area contributed by atoms with Gasteiger partial charge in [-0.1, -0.05) is 48.6 Å². The van der Waals surface area contributed by atoms with Crippen molar-refractivity contribution in [1.82, 2.24) is 0 Å². The van der Waals surface area contributed by atoms with Gasteiger partial charge in [0, 0.05) is 5.54 Å². The number of hydrogen-bond donors (Lipinski definition) is 0. The lowest BCUT2D eigenvalue weighted by Crippen LogP contribution is -2.06. The molecule has 0 N–H and O–H groups in total. The van der Waals surface area contributed by atoms with Crippen molar-refractivity contribution in [2.75, 3.05) is 0 Å². The fraction of sp³-hybridized carbons (Fsp3) is 0.273. The third-order valence-corrected chi connectivity index (χ3v) is 6.99. The summed E-state index contributed by atoms with van der Waals surface area (Å²) in [7, 11) is -0.897. The molecule has 1 fully saturated rings. The molecule has 0 spiro atoms. The maximum atomic E-state index is 2.47. The van der Waals surface area contributed by atoms with Gasteiger partial charge in [0.2, 0.25) is 0 Å². The van der Waals surface area contributed by atoms with Gasteiger partial charge in [0.05, 0.1) is 8.07 Å². The van der Waals surface area contributed by atoms with Gasteiger partial charge in [0.25, 0.3) is 0 Å². The van der Waals surface area contributed by atoms with Crippen LogP contribution in [0.25, 0.3) is 6.08 Å². The van der Waals surface area contributed by atoms with Gasteiger partial charge >= 0.3 is 0 Å². The molecule has 60 valence electrons. The molecule has 1 heteroatoms. The SMILES string of the molecule is C[Si]1(C)C2=Cc3ccccc3C21. The molecular weight excluding hydrogens is 160 g/mol. The number of fused-ring (bicyclic) bond motifs is 3. The van der Waals surface area contributed by atoms with Crippen molar-refractivity contribution in [1.29, 1.82) is 0 Å². The van der Waals surface area contributed by atoms with Gasteiger partial charge in [0.15, 0.2) is 0 Å². The third kappa shape index (κ3) is 0.593. The van der Waals surface area contributed by atoms with Gasteiger partial charge in [-0.25, -0.2) is 0 Å². The first kappa shape index (κ1) is 6.67. The van der Waals surface area contributed by atoms with Gasteiger partial charge in [0.1, 0.15) is 0 Å². The molecule has 0 radical (unpaired) electrons. The molecule has 1 aliphatic carbocycles. The molecule has 1 heterocycles. The standard InChI is InChI=1S/C11H12Si/c1-12(2)10-7-8-5-3-4-6-9(8)11(10)12/h3-7,11H,1-2H3. The minimum absolute atomic E-state index is 0.883. The van der Waals surface area contributed by atoms with E-state index in [0.717, 1.165) is 5.54 Å². The van der Waals surface area contributed by atoms with Gasteiger partial charge in [-0.05, 0) is 11.1 Å². The summed E-state index contributed by atoms with van der Waals surface area (Å²) in [5, 5.41) is 1.77. The predicted molar refractivity (Wildman–Crippen MR) is 54.6 cm³/mol. The van der Waals surface area contributed by atoms with E-state index >= 15 is 0 Å². The zero-order valence-corrected chi connectivity index (χ0v) is 8.46. The van der Waals surface area contributed by atoms with E-state index in [-0.39, 0.29) is 0 Å². The average Bonchev–Trinajstić information content (AvgIpc) is 2.46. The van der Waals surface area contributed by atoms with E-state index in [1.54, 1.807) is 10.8 Å². The molecule has 12 heavy (non-hydrogen) atoms. The Morgan fingerprint density at radius 3 is 2.75 bits per heavy atom. The molecule has 0 aromatic heterocycles. The molecule has 1 unspecified atom stereocenters. The molecule has 0 bridgehead atoms. The first-order valence-electron chi connectivity index (χ1n) is 4.52. The van der Waals surface area contributed by atoms with E-state index in [1.165, 1.54) is 5.56 Å². The Labute approximate surface area is 73.9 Å². The Hall–Kier alpha value is -0.823. The van der Waals surface area contributed by atoms with Crippen LogP contribution in [-0.2, 0) is 0 Å². The lowest BCUT2D eigenvalue weighted by molar-refractivity contribution is 1.30. The Kier molecular flexibility index (Phi) is 0.968. The Balaban J connectivity index is 2.20. The summed E-state index contributed by atoms with van der Waals surface area (Å²) >= 11 is 0. The highest BCUT2D eigenvalue weighted by Gasteiger charge is 2.57. The van der Waals surface area contributed by atoms with Crippen LogP contribution in [0, 0.1) is 0 Å². The van der Waals surface area contributed by atoms with E-state index in [4.69, 9.17) is 0 Å². The van der Waals surface area contributed by atoms with E-state index in [0.29, 0.717) is 0 Å². The summed E-state index contributed by atoms with van der Waals surface area (Å²) in [6.07, 6.45) is 2.42. The van der Waals surface area contributed by atoms with Crippen LogP contribution >= 0.6 is 0 Å². The number of hydrogen-bond acceptors (Lipinski definition) is 0. The summed E-state index contributed by atoms with van der Waals surface area (Å²) in [4.78, 5) is 0. The fourth-order valence-electron chi connectivity index (χ4n) is 2.48. The van der Waals surface area contributed by atoms with Crippen molar-refractivity contribution in [2.24, 2.45) is 0 Å². The van der Waals surface area contributed by atoms with Gasteiger partial charge in [-0.15, -0.1) is 0 Å². The topological polar surface area (TPSA) is 0 Å². The molecule has 1 aromatic carbocycles. The number of allylic oxidation sites excluding steroid dienone is 1. The highest BCUT2D eigenvalue weighted by Crippen LogP contribution is 2.60. The molecule has 1 saturated heterocycles. The maximum absolute atomic E-state index is 2.47. The summed E-state index contributed by atoms with van der Waals surface area (Å²) < 4.78 is 0. The first-order valence-corrected chi connectivity index (χ1v) is 7.60. The smallest absolute Gasteiger partial charge is 0.0742 e. The Bertz CT molecular complexity index is 388. The van der Waals surface area contributed by atoms with Crippen LogP contribution in [0.1, 0.15) is 16.7 Å². The number of rotatable bonds is 0. The van der Waals surface area contributed by atoms with Crippen molar-refractivity contribution in [3.8, 4) is 0 Å². The van der Waals surface area contributed by atoms with E-state index in [2.05, 4.69) is 43.4 Å². The molecule has 0 saturated carbocycles. The highest BCUT2D eigenvalue weighted by atomic mass is 28.3. The lowest BCUT2D eigenvalue weighted by atomic mass is 10.1. The van der Waals surface area contributed by atoms with Crippen molar-refractivity contribution in [3.63, 3.8) is 0 Å². The zero-order valence-electron chi connectivity index (χ0n) is 7.46. The minimum atomic E-state index is -0.897. The van der Waals surface area contributed by atoms with Gasteiger partial charge in [-0.2, -0.15) is 0 Å². The largest absolute Gasteiger partial charge is 0.0872 e. The average molecular weight is 172 g/mol. The molecular formula is C11H12Si. The van der Waals surface area contributed by atoms with Crippen molar-refractivity contribution < 1.29 is 0 Å². The van der Waals surface area contributed by atoms with Crippen LogP contribution in [0.3, 0.4) is 0 Å². The molecule has 0 amide bonds. The second-order valence-corrected chi connectivity index (χ2v) is 8.98. The van der Waals surface area contributed by atoms with Crippen LogP contribution in [0.4, 0.5) is 0 Å². The lowest BCUT2D eigenvalue weighted by Gasteiger charge is -2.05. The van der Waals surface area contributed by atoms with Crippen molar-refractivity contribution in [3.05, 3.63) is 40.6 Å². The normalized spacial score (nSPS) is 27.5. The fourth-order valence-corrected chi connectivity index (χ4v) is 6.31. The second kappa shape index (κ2) is 1.74. The molecule has 1 atom stereocenters. The molecule has 1 aliphatic heterocycles. The van der Waals surface area contributed by atoms with Gasteiger partial charge < -0.3 is 0 Å². The molecule has 0 nitrogen and oxygen atoms in total. The molecule has 1 aromatic rings. The highest BCUT2D eigenvalue weighted by molar-refractivity contribution is 6.99. The van der Waals surface area contributed by atoms with Crippen molar-refractivity contribution >= 4 is 14.1 Å². The van der Waals surface area contributed by atoms with Crippen LogP contribution < -0.4 is 0 Å². The monoisotopic (exact) mass is 172 g/mol. The summed E-state index contributed by atoms with van der Waals surface area (Å²) in [6, 6.07) is 8.83. The van der Waals surface area contributed by atoms with Crippen LogP contribution in [-0.4, -0.2) is 8.07 Å². The Morgan fingerprint density at radius 2 is 1.92 bits per heavy atom. The van der Waals surface area contributed by atoms with Crippen LogP contribution in [0.15, 0.2) is 29.5 Å². The third-order valence-electron chi connectivity index (χ3n) is 3.31. The zero-order chi connectivity index (χ0) is 8.34. The summed E-state index contributed by atoms with van der Waals surface area (Å²) in [5.74, 6) is 0. The molecule has 2 aliphatic rings. The summed E-state index contributed by atoms with van der Waals surface area (Å²) in [5.41, 5.74) is 3.96. The van der Waals surface area contributed by atoms with E-state index in [1.807, 2.05) is 0 Å². The van der Waals surface area contributed by atoms with Crippen molar-refractivity contribution in [2.45, 2.75) is 18.6 Å². The quantitative estimate of drug-likeness (QED) is 0.528.